The van der Waals surface area contributed by atoms with E-state index in [0.29, 0.717) is 17.9 Å². The molecule has 0 N–H and O–H groups in total. The fourth-order valence-electron chi connectivity index (χ4n) is 1.10. The smallest absolute Gasteiger partial charge is 0.163 e. The molecule has 0 bridgehead atoms. The summed E-state index contributed by atoms with van der Waals surface area (Å²) in [5, 5.41) is 0. The minimum atomic E-state index is 0.0479. The molecule has 0 unspecified atom stereocenters. The fraction of sp³-hybridized carbons (Fsp3) is 0.364. The van der Waals surface area contributed by atoms with Gasteiger partial charge in [0.25, 0.3) is 0 Å². The van der Waals surface area contributed by atoms with Crippen LogP contribution in [0.15, 0.2) is 24.3 Å². The zero-order valence-corrected chi connectivity index (χ0v) is 8.04. The summed E-state index contributed by atoms with van der Waals surface area (Å²) in [6.07, 6.45) is 0.951. The summed E-state index contributed by atoms with van der Waals surface area (Å²) in [7, 11) is 0. The number of carbonyl (C=O) groups excluding carboxylic acids is 1. The molecule has 2 nitrogen and oxygen atoms in total. The summed E-state index contributed by atoms with van der Waals surface area (Å²) in [4.78, 5) is 11.1. The number of para-hydroxylation sites is 1. The van der Waals surface area contributed by atoms with E-state index in [2.05, 4.69) is 0 Å². The standard InChI is InChI=1S/C11H14O2/c1-3-8-13-11-7-5-4-6-10(11)9(2)12/h4-7H,3,8H2,1-2H3/i9+2. The first-order chi connectivity index (χ1) is 6.25. The lowest BCUT2D eigenvalue weighted by Gasteiger charge is -2.07. The summed E-state index contributed by atoms with van der Waals surface area (Å²) >= 11 is 0. The average molecular weight is 180 g/mol. The number of carbonyl (C=O) groups is 1. The van der Waals surface area contributed by atoms with Crippen molar-refractivity contribution < 1.29 is 9.53 Å². The summed E-state index contributed by atoms with van der Waals surface area (Å²) in [6, 6.07) is 7.33. The van der Waals surface area contributed by atoms with E-state index < -0.39 is 0 Å². The van der Waals surface area contributed by atoms with Gasteiger partial charge >= 0.3 is 0 Å². The third-order valence-corrected chi connectivity index (χ3v) is 1.73. The SMILES string of the molecule is CCCOc1ccccc1[14C](C)=O. The van der Waals surface area contributed by atoms with Gasteiger partial charge in [-0.05, 0) is 25.5 Å². The minimum absolute atomic E-state index is 0.0479. The normalized spacial score (nSPS) is 9.69. The van der Waals surface area contributed by atoms with Crippen LogP contribution in [-0.4, -0.2) is 12.4 Å². The van der Waals surface area contributed by atoms with Gasteiger partial charge in [-0.2, -0.15) is 0 Å². The molecule has 0 aliphatic heterocycles. The molecule has 0 saturated heterocycles. The van der Waals surface area contributed by atoms with E-state index in [4.69, 9.17) is 4.74 Å². The van der Waals surface area contributed by atoms with Crippen LogP contribution in [0.2, 0.25) is 0 Å². The van der Waals surface area contributed by atoms with E-state index in [1.807, 2.05) is 25.1 Å². The Hall–Kier alpha value is -1.31. The highest BCUT2D eigenvalue weighted by molar-refractivity contribution is 5.96. The molecule has 1 aromatic carbocycles. The van der Waals surface area contributed by atoms with Gasteiger partial charge in [-0.3, -0.25) is 4.79 Å². The Balaban J connectivity index is 2.84. The van der Waals surface area contributed by atoms with Crippen LogP contribution < -0.4 is 4.74 Å². The molecular formula is C11H14O2. The molecule has 0 aliphatic carbocycles. The van der Waals surface area contributed by atoms with Crippen LogP contribution in [0.1, 0.15) is 30.6 Å². The van der Waals surface area contributed by atoms with Gasteiger partial charge in [-0.25, -0.2) is 0 Å². The Morgan fingerprint density at radius 3 is 2.69 bits per heavy atom. The predicted octanol–water partition coefficient (Wildman–Crippen LogP) is 2.68. The third-order valence-electron chi connectivity index (χ3n) is 1.73. The Kier molecular flexibility index (Phi) is 3.50. The molecule has 1 aromatic rings. The van der Waals surface area contributed by atoms with Crippen LogP contribution in [0.4, 0.5) is 0 Å². The first kappa shape index (κ1) is 9.78. The zero-order valence-electron chi connectivity index (χ0n) is 8.04. The van der Waals surface area contributed by atoms with E-state index in [-0.39, 0.29) is 5.78 Å². The average Bonchev–Trinajstić information content (AvgIpc) is 2.15. The van der Waals surface area contributed by atoms with Gasteiger partial charge < -0.3 is 4.74 Å². The summed E-state index contributed by atoms with van der Waals surface area (Å²) in [6.45, 7) is 4.24. The van der Waals surface area contributed by atoms with Crippen molar-refractivity contribution in [2.45, 2.75) is 20.3 Å². The quantitative estimate of drug-likeness (QED) is 0.666. The molecule has 0 radical (unpaired) electrons. The van der Waals surface area contributed by atoms with Crippen molar-refractivity contribution in [3.05, 3.63) is 29.8 Å². The molecule has 1 rings (SSSR count). The highest BCUT2D eigenvalue weighted by Gasteiger charge is 2.05. The number of hydrogen-bond donors (Lipinski definition) is 0. The highest BCUT2D eigenvalue weighted by atomic mass is 16.5. The third kappa shape index (κ3) is 2.58. The maximum Gasteiger partial charge on any atom is 0.163 e. The topological polar surface area (TPSA) is 26.3 Å². The predicted molar refractivity (Wildman–Crippen MR) is 52.2 cm³/mol. The van der Waals surface area contributed by atoms with Crippen LogP contribution in [0.25, 0.3) is 0 Å². The molecule has 13 heavy (non-hydrogen) atoms. The van der Waals surface area contributed by atoms with Crippen molar-refractivity contribution in [3.8, 4) is 5.75 Å². The highest BCUT2D eigenvalue weighted by Crippen LogP contribution is 2.18. The van der Waals surface area contributed by atoms with Gasteiger partial charge in [0.15, 0.2) is 5.78 Å². The van der Waals surface area contributed by atoms with Crippen LogP contribution >= 0.6 is 0 Å². The first-order valence-electron chi connectivity index (χ1n) is 4.48. The van der Waals surface area contributed by atoms with Gasteiger partial charge in [0.2, 0.25) is 0 Å². The van der Waals surface area contributed by atoms with E-state index in [9.17, 15) is 4.79 Å². The number of rotatable bonds is 4. The number of ketones is 1. The summed E-state index contributed by atoms with van der Waals surface area (Å²) in [5.41, 5.74) is 0.663. The molecule has 0 atom stereocenters. The van der Waals surface area contributed by atoms with Crippen LogP contribution in [0.3, 0.4) is 0 Å². The van der Waals surface area contributed by atoms with Crippen LogP contribution in [0.5, 0.6) is 5.75 Å². The van der Waals surface area contributed by atoms with E-state index in [0.717, 1.165) is 6.42 Å². The fourth-order valence-corrected chi connectivity index (χ4v) is 1.10. The van der Waals surface area contributed by atoms with Crippen molar-refractivity contribution in [1.29, 1.82) is 0 Å². The molecule has 0 amide bonds. The Bertz CT molecular complexity index is 292. The van der Waals surface area contributed by atoms with Crippen molar-refractivity contribution in [2.24, 2.45) is 0 Å². The van der Waals surface area contributed by atoms with Gasteiger partial charge in [0, 0.05) is 0 Å². The second-order valence-corrected chi connectivity index (χ2v) is 2.90. The Morgan fingerprint density at radius 2 is 2.08 bits per heavy atom. The van der Waals surface area contributed by atoms with Gasteiger partial charge in [0.1, 0.15) is 5.75 Å². The molecule has 0 heterocycles. The molecule has 0 aliphatic rings. The molecular weight excluding hydrogens is 166 g/mol. The van der Waals surface area contributed by atoms with Crippen LogP contribution in [0, 0.1) is 0 Å². The second kappa shape index (κ2) is 4.65. The minimum Gasteiger partial charge on any atom is -0.493 e. The lowest BCUT2D eigenvalue weighted by Crippen LogP contribution is -2.01. The number of ether oxygens (including phenoxy) is 1. The molecule has 70 valence electrons. The van der Waals surface area contributed by atoms with Crippen molar-refractivity contribution in [1.82, 2.24) is 0 Å². The van der Waals surface area contributed by atoms with E-state index in [1.54, 1.807) is 13.0 Å². The Labute approximate surface area is 78.5 Å². The first-order valence-corrected chi connectivity index (χ1v) is 4.48. The number of benzene rings is 1. The molecule has 0 fully saturated rings. The monoisotopic (exact) mass is 180 g/mol. The van der Waals surface area contributed by atoms with Crippen molar-refractivity contribution in [3.63, 3.8) is 0 Å². The number of Topliss-reactive ketones (excluding diaryl/α,β-unsaturated/α-hetero) is 1. The van der Waals surface area contributed by atoms with Crippen molar-refractivity contribution in [2.75, 3.05) is 6.61 Å². The number of hydrogen-bond acceptors (Lipinski definition) is 2. The molecule has 0 spiro atoms. The van der Waals surface area contributed by atoms with E-state index in [1.165, 1.54) is 0 Å². The Morgan fingerprint density at radius 1 is 1.38 bits per heavy atom. The lowest BCUT2D eigenvalue weighted by molar-refractivity contribution is 0.101. The summed E-state index contributed by atoms with van der Waals surface area (Å²) < 4.78 is 5.43. The van der Waals surface area contributed by atoms with Gasteiger partial charge in [0.05, 0.1) is 12.2 Å². The largest absolute Gasteiger partial charge is 0.493 e. The van der Waals surface area contributed by atoms with Gasteiger partial charge in [-0.1, -0.05) is 19.1 Å². The maximum atomic E-state index is 11.1. The lowest BCUT2D eigenvalue weighted by atomic mass is 10.3. The molecule has 2 heteroatoms. The zero-order chi connectivity index (χ0) is 9.68. The van der Waals surface area contributed by atoms with Crippen LogP contribution in [-0.2, 0) is 0 Å². The van der Waals surface area contributed by atoms with Crippen molar-refractivity contribution >= 4 is 5.78 Å². The second-order valence-electron chi connectivity index (χ2n) is 2.90. The molecule has 0 saturated carbocycles. The van der Waals surface area contributed by atoms with Gasteiger partial charge in [-0.15, -0.1) is 0 Å². The maximum absolute atomic E-state index is 11.1. The molecule has 0 aromatic heterocycles. The van der Waals surface area contributed by atoms with E-state index >= 15 is 0 Å². The summed E-state index contributed by atoms with van der Waals surface area (Å²) in [5.74, 6) is 0.739.